The molecule has 0 unspecified atom stereocenters. The maximum Gasteiger partial charge on any atom is 0.214 e. The maximum absolute atomic E-state index is 12.2. The highest BCUT2D eigenvalue weighted by atomic mass is 32.2. The molecule has 0 aliphatic carbocycles. The first-order chi connectivity index (χ1) is 10.1. The van der Waals surface area contributed by atoms with Crippen molar-refractivity contribution < 1.29 is 17.9 Å². The van der Waals surface area contributed by atoms with Crippen molar-refractivity contribution in [2.45, 2.75) is 25.7 Å². The molecule has 0 N–H and O–H groups in total. The number of rotatable bonds is 5. The van der Waals surface area contributed by atoms with Crippen LogP contribution in [0.1, 0.15) is 12.6 Å². The van der Waals surface area contributed by atoms with E-state index in [1.807, 2.05) is 18.2 Å². The van der Waals surface area contributed by atoms with Gasteiger partial charge in [-0.15, -0.1) is 0 Å². The Balaban J connectivity index is 1.69. The highest BCUT2D eigenvalue weighted by Crippen LogP contribution is 2.34. The number of aromatic nitrogens is 1. The zero-order valence-electron chi connectivity index (χ0n) is 12.0. The Morgan fingerprint density at radius 3 is 3.00 bits per heavy atom. The van der Waals surface area contributed by atoms with Gasteiger partial charge >= 0.3 is 0 Å². The summed E-state index contributed by atoms with van der Waals surface area (Å²) in [4.78, 5) is 4.22. The summed E-state index contributed by atoms with van der Waals surface area (Å²) in [6, 6.07) is 5.59. The van der Waals surface area contributed by atoms with Gasteiger partial charge in [0.2, 0.25) is 10.0 Å². The molecule has 3 rings (SSSR count). The molecule has 2 aliphatic heterocycles. The molecule has 6 nitrogen and oxygen atoms in total. The lowest BCUT2D eigenvalue weighted by Crippen LogP contribution is -2.39. The van der Waals surface area contributed by atoms with E-state index in [1.54, 1.807) is 17.4 Å². The average molecular weight is 312 g/mol. The van der Waals surface area contributed by atoms with Crippen LogP contribution in [0.4, 0.5) is 0 Å². The van der Waals surface area contributed by atoms with Gasteiger partial charge in [0.25, 0.3) is 0 Å². The summed E-state index contributed by atoms with van der Waals surface area (Å²) in [6.45, 7) is 3.51. The van der Waals surface area contributed by atoms with E-state index in [0.29, 0.717) is 26.4 Å². The van der Waals surface area contributed by atoms with Crippen LogP contribution in [0.2, 0.25) is 0 Å². The second-order valence-electron chi connectivity index (χ2n) is 5.41. The van der Waals surface area contributed by atoms with E-state index >= 15 is 0 Å². The molecule has 3 heterocycles. The standard InChI is InChI=1S/C14H20N2O4S/c1-2-21(17,18)16-7-14(12-9-19-10-13(12)16)20-8-11-5-3-4-6-15-11/h3-6,12-14H,2,7-10H2,1H3/t12-,13+,14+/m1/s1. The van der Waals surface area contributed by atoms with Gasteiger partial charge in [0.05, 0.1) is 43.4 Å². The third-order valence-corrected chi connectivity index (χ3v) is 6.06. The van der Waals surface area contributed by atoms with Crippen LogP contribution in [-0.4, -0.2) is 55.4 Å². The lowest BCUT2D eigenvalue weighted by molar-refractivity contribution is 0.0112. The average Bonchev–Trinajstić information content (AvgIpc) is 3.08. The van der Waals surface area contributed by atoms with Crippen LogP contribution < -0.4 is 0 Å². The highest BCUT2D eigenvalue weighted by molar-refractivity contribution is 7.89. The van der Waals surface area contributed by atoms with E-state index in [4.69, 9.17) is 9.47 Å². The molecule has 2 fully saturated rings. The first kappa shape index (κ1) is 14.9. The Kier molecular flexibility index (Phi) is 4.26. The van der Waals surface area contributed by atoms with Gasteiger partial charge < -0.3 is 9.47 Å². The summed E-state index contributed by atoms with van der Waals surface area (Å²) in [5.74, 6) is 0.235. The summed E-state index contributed by atoms with van der Waals surface area (Å²) in [7, 11) is -3.21. The molecule has 3 atom stereocenters. The molecule has 1 aromatic heterocycles. The molecule has 0 bridgehead atoms. The van der Waals surface area contributed by atoms with Crippen molar-refractivity contribution in [2.75, 3.05) is 25.5 Å². The SMILES string of the molecule is CCS(=O)(=O)N1C[C@H](OCc2ccccn2)[C@@H]2COC[C@@H]21. The van der Waals surface area contributed by atoms with E-state index in [-0.39, 0.29) is 23.8 Å². The van der Waals surface area contributed by atoms with Gasteiger partial charge in [-0.3, -0.25) is 4.98 Å². The van der Waals surface area contributed by atoms with Gasteiger partial charge in [0.15, 0.2) is 0 Å². The summed E-state index contributed by atoms with van der Waals surface area (Å²) >= 11 is 0. The number of hydrogen-bond acceptors (Lipinski definition) is 5. The summed E-state index contributed by atoms with van der Waals surface area (Å²) in [5.41, 5.74) is 0.852. The molecular formula is C14H20N2O4S. The Morgan fingerprint density at radius 2 is 2.29 bits per heavy atom. The molecule has 2 saturated heterocycles. The zero-order valence-corrected chi connectivity index (χ0v) is 12.8. The first-order valence-electron chi connectivity index (χ1n) is 7.20. The van der Waals surface area contributed by atoms with E-state index < -0.39 is 10.0 Å². The molecule has 2 aliphatic rings. The molecule has 116 valence electrons. The number of sulfonamides is 1. The Hall–Kier alpha value is -1.02. The minimum absolute atomic E-state index is 0.0799. The summed E-state index contributed by atoms with van der Waals surface area (Å²) in [5, 5.41) is 0. The van der Waals surface area contributed by atoms with Crippen LogP contribution >= 0.6 is 0 Å². The fraction of sp³-hybridized carbons (Fsp3) is 0.643. The van der Waals surface area contributed by atoms with Gasteiger partial charge in [0.1, 0.15) is 0 Å². The number of ether oxygens (including phenoxy) is 2. The van der Waals surface area contributed by atoms with E-state index in [2.05, 4.69) is 4.98 Å². The highest BCUT2D eigenvalue weighted by Gasteiger charge is 2.49. The quantitative estimate of drug-likeness (QED) is 0.798. The van der Waals surface area contributed by atoms with Crippen LogP contribution in [0.5, 0.6) is 0 Å². The largest absolute Gasteiger partial charge is 0.379 e. The van der Waals surface area contributed by atoms with Crippen molar-refractivity contribution in [1.82, 2.24) is 9.29 Å². The first-order valence-corrected chi connectivity index (χ1v) is 8.81. The van der Waals surface area contributed by atoms with E-state index in [0.717, 1.165) is 5.69 Å². The van der Waals surface area contributed by atoms with Gasteiger partial charge in [-0.2, -0.15) is 4.31 Å². The van der Waals surface area contributed by atoms with Crippen molar-refractivity contribution >= 4 is 10.0 Å². The van der Waals surface area contributed by atoms with E-state index in [1.165, 1.54) is 0 Å². The third-order valence-electron chi connectivity index (χ3n) is 4.19. The van der Waals surface area contributed by atoms with Gasteiger partial charge in [-0.1, -0.05) is 6.07 Å². The predicted octanol–water partition coefficient (Wildman–Crippen LogP) is 0.647. The number of pyridine rings is 1. The van der Waals surface area contributed by atoms with Crippen LogP contribution in [0.25, 0.3) is 0 Å². The molecule has 0 spiro atoms. The lowest BCUT2D eigenvalue weighted by Gasteiger charge is -2.20. The fourth-order valence-electron chi connectivity index (χ4n) is 3.00. The third kappa shape index (κ3) is 2.96. The number of fused-ring (bicyclic) bond motifs is 1. The van der Waals surface area contributed by atoms with E-state index in [9.17, 15) is 8.42 Å². The van der Waals surface area contributed by atoms with Gasteiger partial charge in [-0.25, -0.2) is 8.42 Å². The minimum Gasteiger partial charge on any atom is -0.379 e. The summed E-state index contributed by atoms with van der Waals surface area (Å²) in [6.07, 6.45) is 1.60. The van der Waals surface area contributed by atoms with Gasteiger partial charge in [0, 0.05) is 18.7 Å². The minimum atomic E-state index is -3.21. The molecule has 0 amide bonds. The van der Waals surface area contributed by atoms with Crippen molar-refractivity contribution in [2.24, 2.45) is 5.92 Å². The Bertz CT molecular complexity index is 578. The predicted molar refractivity (Wildman–Crippen MR) is 77.1 cm³/mol. The monoisotopic (exact) mass is 312 g/mol. The molecule has 7 heteroatoms. The van der Waals surface area contributed by atoms with Crippen LogP contribution in [0.15, 0.2) is 24.4 Å². The Morgan fingerprint density at radius 1 is 1.43 bits per heavy atom. The molecular weight excluding hydrogens is 292 g/mol. The molecule has 0 aromatic carbocycles. The summed E-state index contributed by atoms with van der Waals surface area (Å²) < 4.78 is 37.3. The van der Waals surface area contributed by atoms with Crippen LogP contribution in [-0.2, 0) is 26.1 Å². The van der Waals surface area contributed by atoms with Crippen LogP contribution in [0.3, 0.4) is 0 Å². The fourth-order valence-corrected chi connectivity index (χ4v) is 4.33. The smallest absolute Gasteiger partial charge is 0.214 e. The molecule has 21 heavy (non-hydrogen) atoms. The van der Waals surface area contributed by atoms with Crippen molar-refractivity contribution in [3.05, 3.63) is 30.1 Å². The van der Waals surface area contributed by atoms with Crippen LogP contribution in [0, 0.1) is 5.92 Å². The number of hydrogen-bond donors (Lipinski definition) is 0. The Labute approximate surface area is 125 Å². The molecule has 0 saturated carbocycles. The zero-order chi connectivity index (χ0) is 14.9. The maximum atomic E-state index is 12.2. The molecule has 0 radical (unpaired) electrons. The van der Waals surface area contributed by atoms with Gasteiger partial charge in [-0.05, 0) is 19.1 Å². The second kappa shape index (κ2) is 6.00. The van der Waals surface area contributed by atoms with Crippen molar-refractivity contribution in [3.8, 4) is 0 Å². The normalized spacial score (nSPS) is 29.7. The molecule has 1 aromatic rings. The van der Waals surface area contributed by atoms with Crippen molar-refractivity contribution in [3.63, 3.8) is 0 Å². The van der Waals surface area contributed by atoms with Crippen molar-refractivity contribution in [1.29, 1.82) is 0 Å². The lowest BCUT2D eigenvalue weighted by atomic mass is 10.0. The topological polar surface area (TPSA) is 68.7 Å². The number of nitrogens with zero attached hydrogens (tertiary/aromatic N) is 2. The second-order valence-corrected chi connectivity index (χ2v) is 7.62.